The van der Waals surface area contributed by atoms with Crippen LogP contribution in [0.25, 0.3) is 0 Å². The maximum atomic E-state index is 12.6. The van der Waals surface area contributed by atoms with Crippen molar-refractivity contribution >= 4 is 5.91 Å². The average molecular weight is 284 g/mol. The fraction of sp³-hybridized carbons (Fsp3) is 0.438. The zero-order valence-corrected chi connectivity index (χ0v) is 12.2. The van der Waals surface area contributed by atoms with Gasteiger partial charge in [-0.1, -0.05) is 6.92 Å². The minimum absolute atomic E-state index is 0.0852. The molecule has 2 aromatic heterocycles. The molecule has 3 heterocycles. The third-order valence-electron chi connectivity index (χ3n) is 4.12. The van der Waals surface area contributed by atoms with Crippen molar-refractivity contribution in [2.75, 3.05) is 13.1 Å². The van der Waals surface area contributed by atoms with Crippen molar-refractivity contribution in [2.45, 2.75) is 32.1 Å². The van der Waals surface area contributed by atoms with Gasteiger partial charge in [-0.25, -0.2) is 0 Å². The molecule has 5 nitrogen and oxygen atoms in total. The van der Waals surface area contributed by atoms with Crippen LogP contribution in [0.5, 0.6) is 0 Å². The van der Waals surface area contributed by atoms with E-state index in [4.69, 9.17) is 0 Å². The Balaban J connectivity index is 1.74. The summed E-state index contributed by atoms with van der Waals surface area (Å²) in [5, 5.41) is 7.03. The normalized spacial score (nSPS) is 18.7. The first-order chi connectivity index (χ1) is 10.3. The van der Waals surface area contributed by atoms with Crippen LogP contribution in [0.1, 0.15) is 47.3 Å². The zero-order chi connectivity index (χ0) is 14.7. The summed E-state index contributed by atoms with van der Waals surface area (Å²) in [6.07, 6.45) is 8.27. The second-order valence-corrected chi connectivity index (χ2v) is 5.54. The molecule has 1 aliphatic rings. The first-order valence-corrected chi connectivity index (χ1v) is 7.50. The summed E-state index contributed by atoms with van der Waals surface area (Å²) in [6, 6.07) is 3.95. The molecule has 21 heavy (non-hydrogen) atoms. The highest BCUT2D eigenvalue weighted by Gasteiger charge is 2.26. The van der Waals surface area contributed by atoms with Gasteiger partial charge in [-0.15, -0.1) is 0 Å². The van der Waals surface area contributed by atoms with Gasteiger partial charge in [0.2, 0.25) is 0 Å². The number of aromatic amines is 1. The standard InChI is InChI=1S/C16H20N4O/c1-2-12-8-14(10-17-9-12)16(21)20-7-3-4-13(11-20)15-5-6-18-19-15/h5-6,8-10,13H,2-4,7,11H2,1H3,(H,18,19). The van der Waals surface area contributed by atoms with Gasteiger partial charge in [-0.3, -0.25) is 14.9 Å². The number of likely N-dealkylation sites (tertiary alicyclic amines) is 1. The molecule has 0 aliphatic carbocycles. The Morgan fingerprint density at radius 1 is 1.48 bits per heavy atom. The lowest BCUT2D eigenvalue weighted by molar-refractivity contribution is 0.0705. The lowest BCUT2D eigenvalue weighted by atomic mass is 9.94. The maximum Gasteiger partial charge on any atom is 0.255 e. The maximum absolute atomic E-state index is 12.6. The SMILES string of the molecule is CCc1cncc(C(=O)N2CCCC(c3ccn[nH]3)C2)c1. The van der Waals surface area contributed by atoms with E-state index in [0.717, 1.165) is 43.6 Å². The molecule has 1 saturated heterocycles. The van der Waals surface area contributed by atoms with Gasteiger partial charge >= 0.3 is 0 Å². The molecule has 3 rings (SSSR count). The molecule has 1 atom stereocenters. The highest BCUT2D eigenvalue weighted by molar-refractivity contribution is 5.94. The molecule has 1 amide bonds. The van der Waals surface area contributed by atoms with Crippen LogP contribution in [0.2, 0.25) is 0 Å². The summed E-state index contributed by atoms with van der Waals surface area (Å²) in [5.74, 6) is 0.439. The Kier molecular flexibility index (Phi) is 3.99. The molecule has 2 aromatic rings. The zero-order valence-electron chi connectivity index (χ0n) is 12.2. The van der Waals surface area contributed by atoms with Crippen molar-refractivity contribution in [2.24, 2.45) is 0 Å². The van der Waals surface area contributed by atoms with E-state index in [0.29, 0.717) is 11.5 Å². The summed E-state index contributed by atoms with van der Waals surface area (Å²) >= 11 is 0. The van der Waals surface area contributed by atoms with Crippen molar-refractivity contribution in [1.29, 1.82) is 0 Å². The second-order valence-electron chi connectivity index (χ2n) is 5.54. The van der Waals surface area contributed by atoms with Gasteiger partial charge in [0.1, 0.15) is 0 Å². The van der Waals surface area contributed by atoms with Crippen LogP contribution in [0.4, 0.5) is 0 Å². The van der Waals surface area contributed by atoms with Gasteiger partial charge in [0.25, 0.3) is 5.91 Å². The van der Waals surface area contributed by atoms with E-state index >= 15 is 0 Å². The molecule has 0 bridgehead atoms. The number of pyridine rings is 1. The number of H-pyrrole nitrogens is 1. The number of hydrogen-bond donors (Lipinski definition) is 1. The Morgan fingerprint density at radius 3 is 3.14 bits per heavy atom. The Hall–Kier alpha value is -2.17. The minimum atomic E-state index is 0.0852. The monoisotopic (exact) mass is 284 g/mol. The van der Waals surface area contributed by atoms with Gasteiger partial charge in [0.15, 0.2) is 0 Å². The molecule has 0 spiro atoms. The molecule has 0 saturated carbocycles. The van der Waals surface area contributed by atoms with Crippen LogP contribution in [-0.2, 0) is 6.42 Å². The van der Waals surface area contributed by atoms with Crippen LogP contribution < -0.4 is 0 Å². The fourth-order valence-corrected chi connectivity index (χ4v) is 2.89. The smallest absolute Gasteiger partial charge is 0.255 e. The molecule has 1 aliphatic heterocycles. The lowest BCUT2D eigenvalue weighted by Crippen LogP contribution is -2.39. The molecule has 0 radical (unpaired) electrons. The summed E-state index contributed by atoms with van der Waals surface area (Å²) in [7, 11) is 0. The number of aryl methyl sites for hydroxylation is 1. The van der Waals surface area contributed by atoms with Gasteiger partial charge in [-0.2, -0.15) is 5.10 Å². The van der Waals surface area contributed by atoms with E-state index in [-0.39, 0.29) is 5.91 Å². The lowest BCUT2D eigenvalue weighted by Gasteiger charge is -2.32. The van der Waals surface area contributed by atoms with Crippen LogP contribution in [-0.4, -0.2) is 39.1 Å². The largest absolute Gasteiger partial charge is 0.338 e. The summed E-state index contributed by atoms with van der Waals surface area (Å²) in [4.78, 5) is 18.8. The van der Waals surface area contributed by atoms with E-state index in [1.807, 2.05) is 23.2 Å². The van der Waals surface area contributed by atoms with E-state index in [1.165, 1.54) is 0 Å². The summed E-state index contributed by atoms with van der Waals surface area (Å²) in [5.41, 5.74) is 2.91. The molecular weight excluding hydrogens is 264 g/mol. The van der Waals surface area contributed by atoms with Crippen molar-refractivity contribution in [3.05, 3.63) is 47.5 Å². The fourth-order valence-electron chi connectivity index (χ4n) is 2.89. The number of aromatic nitrogens is 3. The van der Waals surface area contributed by atoms with E-state index in [9.17, 15) is 4.79 Å². The molecule has 1 N–H and O–H groups in total. The number of carbonyl (C=O) groups is 1. The van der Waals surface area contributed by atoms with Crippen molar-refractivity contribution < 1.29 is 4.79 Å². The van der Waals surface area contributed by atoms with E-state index in [1.54, 1.807) is 12.4 Å². The molecule has 1 unspecified atom stereocenters. The summed E-state index contributed by atoms with van der Waals surface area (Å²) in [6.45, 7) is 3.64. The van der Waals surface area contributed by atoms with Crippen molar-refractivity contribution in [1.82, 2.24) is 20.1 Å². The first-order valence-electron chi connectivity index (χ1n) is 7.50. The van der Waals surface area contributed by atoms with Gasteiger partial charge in [0.05, 0.1) is 5.56 Å². The molecule has 5 heteroatoms. The Labute approximate surface area is 124 Å². The van der Waals surface area contributed by atoms with Gasteiger partial charge in [-0.05, 0) is 37.0 Å². The van der Waals surface area contributed by atoms with E-state index < -0.39 is 0 Å². The number of carbonyl (C=O) groups excluding carboxylic acids is 1. The quantitative estimate of drug-likeness (QED) is 0.941. The van der Waals surface area contributed by atoms with Crippen LogP contribution >= 0.6 is 0 Å². The van der Waals surface area contributed by atoms with Crippen LogP contribution in [0, 0.1) is 0 Å². The Morgan fingerprint density at radius 2 is 2.38 bits per heavy atom. The Bertz CT molecular complexity index is 608. The highest BCUT2D eigenvalue weighted by Crippen LogP contribution is 2.26. The number of hydrogen-bond acceptors (Lipinski definition) is 3. The number of nitrogens with zero attached hydrogens (tertiary/aromatic N) is 3. The average Bonchev–Trinajstić information content (AvgIpc) is 3.09. The molecule has 110 valence electrons. The third kappa shape index (κ3) is 2.96. The van der Waals surface area contributed by atoms with Crippen molar-refractivity contribution in [3.8, 4) is 0 Å². The van der Waals surface area contributed by atoms with E-state index in [2.05, 4.69) is 22.1 Å². The van der Waals surface area contributed by atoms with Gasteiger partial charge in [0, 0.05) is 43.3 Å². The number of amides is 1. The topological polar surface area (TPSA) is 61.9 Å². The summed E-state index contributed by atoms with van der Waals surface area (Å²) < 4.78 is 0. The predicted molar refractivity (Wildman–Crippen MR) is 80.1 cm³/mol. The second kappa shape index (κ2) is 6.08. The van der Waals surface area contributed by atoms with Crippen molar-refractivity contribution in [3.63, 3.8) is 0 Å². The third-order valence-corrected chi connectivity index (χ3v) is 4.12. The number of piperidine rings is 1. The highest BCUT2D eigenvalue weighted by atomic mass is 16.2. The number of rotatable bonds is 3. The molecular formula is C16H20N4O. The van der Waals surface area contributed by atoms with Gasteiger partial charge < -0.3 is 4.90 Å². The molecule has 1 fully saturated rings. The minimum Gasteiger partial charge on any atom is -0.338 e. The van der Waals surface area contributed by atoms with Crippen LogP contribution in [0.3, 0.4) is 0 Å². The number of nitrogens with one attached hydrogen (secondary N) is 1. The van der Waals surface area contributed by atoms with Crippen LogP contribution in [0.15, 0.2) is 30.7 Å². The predicted octanol–water partition coefficient (Wildman–Crippen LogP) is 2.39. The molecule has 0 aromatic carbocycles. The first kappa shape index (κ1) is 13.8.